The van der Waals surface area contributed by atoms with Crippen LogP contribution < -0.4 is 0 Å². The summed E-state index contributed by atoms with van der Waals surface area (Å²) in [6, 6.07) is 31.4. The number of benzene rings is 3. The molecule has 242 valence electrons. The molecule has 5 heterocycles. The van der Waals surface area contributed by atoms with Gasteiger partial charge in [-0.1, -0.05) is 72.8 Å². The molecule has 3 fully saturated rings. The first-order chi connectivity index (χ1) is 23.0. The summed E-state index contributed by atoms with van der Waals surface area (Å²) < 4.78 is 4.35. The van der Waals surface area contributed by atoms with E-state index in [2.05, 4.69) is 88.2 Å². The van der Waals surface area contributed by atoms with Gasteiger partial charge < -0.3 is 9.47 Å². The molecule has 2 bridgehead atoms. The van der Waals surface area contributed by atoms with Crippen LogP contribution in [0.4, 0.5) is 0 Å². The highest BCUT2D eigenvalue weighted by atomic mass is 16.2. The molecular formula is C39H45N7O. The average molecular weight is 628 g/mol. The Balaban J connectivity index is 0.977. The number of fused-ring (bicyclic) bond motifs is 3. The number of piperidine rings is 2. The molecule has 8 nitrogen and oxygen atoms in total. The van der Waals surface area contributed by atoms with Crippen molar-refractivity contribution >= 4 is 16.9 Å². The molecule has 8 heteroatoms. The summed E-state index contributed by atoms with van der Waals surface area (Å²) >= 11 is 0. The van der Waals surface area contributed by atoms with E-state index in [0.717, 1.165) is 61.6 Å². The maximum Gasteiger partial charge on any atom is 0.276 e. The largest absolute Gasteiger partial charge is 0.337 e. The Hall–Kier alpha value is -4.30. The van der Waals surface area contributed by atoms with Gasteiger partial charge in [0.2, 0.25) is 0 Å². The van der Waals surface area contributed by atoms with Crippen molar-refractivity contribution in [3.05, 3.63) is 108 Å². The van der Waals surface area contributed by atoms with E-state index in [1.165, 1.54) is 36.8 Å². The third kappa shape index (κ3) is 5.36. The van der Waals surface area contributed by atoms with Gasteiger partial charge in [-0.25, -0.2) is 9.67 Å². The second-order valence-electron chi connectivity index (χ2n) is 13.9. The highest BCUT2D eigenvalue weighted by molar-refractivity contribution is 5.93. The van der Waals surface area contributed by atoms with Crippen LogP contribution in [0.3, 0.4) is 0 Å². The average Bonchev–Trinajstić information content (AvgIpc) is 3.77. The number of hydrogen-bond acceptors (Lipinski definition) is 5. The lowest BCUT2D eigenvalue weighted by Gasteiger charge is -2.45. The fraction of sp³-hybridized carbons (Fsp3) is 0.436. The second-order valence-corrected chi connectivity index (χ2v) is 13.9. The molecule has 47 heavy (non-hydrogen) atoms. The maximum absolute atomic E-state index is 13.9. The number of para-hydroxylation sites is 3. The molecule has 3 saturated heterocycles. The summed E-state index contributed by atoms with van der Waals surface area (Å²) in [4.78, 5) is 23.7. The number of rotatable bonds is 8. The molecule has 1 unspecified atom stereocenters. The van der Waals surface area contributed by atoms with Gasteiger partial charge in [-0.05, 0) is 100 Å². The standard InChI is InChI=1S/C39H45N7O/c1-3-35-37(41-42-46(35)30-14-8-5-9-15-30)38(47)43-23-20-39(21-24-43,29-12-6-4-7-13-29)22-25-44-31-18-19-32(44)27-33(26-31)45-28(2)40-34-16-10-11-17-36(34)45/h4-17,31-33H,3,18-27H2,1-2H3/t31-,32+,33?. The van der Waals surface area contributed by atoms with Crippen LogP contribution in [0.15, 0.2) is 84.9 Å². The maximum atomic E-state index is 13.9. The quantitative estimate of drug-likeness (QED) is 0.187. The lowest BCUT2D eigenvalue weighted by Crippen LogP contribution is -2.49. The van der Waals surface area contributed by atoms with Crippen molar-refractivity contribution in [1.82, 2.24) is 34.3 Å². The molecule has 8 rings (SSSR count). The van der Waals surface area contributed by atoms with Crippen LogP contribution in [-0.4, -0.2) is 72.0 Å². The van der Waals surface area contributed by atoms with Crippen molar-refractivity contribution in [3.8, 4) is 5.69 Å². The lowest BCUT2D eigenvalue weighted by molar-refractivity contribution is 0.0601. The van der Waals surface area contributed by atoms with Gasteiger partial charge in [-0.15, -0.1) is 5.10 Å². The Morgan fingerprint density at radius 1 is 0.851 bits per heavy atom. The predicted octanol–water partition coefficient (Wildman–Crippen LogP) is 6.92. The zero-order valence-electron chi connectivity index (χ0n) is 27.6. The van der Waals surface area contributed by atoms with Gasteiger partial charge >= 0.3 is 0 Å². The van der Waals surface area contributed by atoms with Crippen LogP contribution in [0.25, 0.3) is 16.7 Å². The normalized spacial score (nSPS) is 22.6. The summed E-state index contributed by atoms with van der Waals surface area (Å²) in [5.74, 6) is 1.15. The minimum atomic E-state index is 0.00753. The number of carbonyl (C=O) groups is 1. The smallest absolute Gasteiger partial charge is 0.276 e. The molecule has 3 aromatic carbocycles. The van der Waals surface area contributed by atoms with E-state index in [9.17, 15) is 4.79 Å². The minimum Gasteiger partial charge on any atom is -0.337 e. The van der Waals surface area contributed by atoms with Crippen LogP contribution in [0.5, 0.6) is 0 Å². The number of aromatic nitrogens is 5. The van der Waals surface area contributed by atoms with Crippen LogP contribution in [0.2, 0.25) is 0 Å². The van der Waals surface area contributed by atoms with E-state index < -0.39 is 0 Å². The van der Waals surface area contributed by atoms with Gasteiger partial charge in [0.15, 0.2) is 5.69 Å². The van der Waals surface area contributed by atoms with E-state index in [-0.39, 0.29) is 11.3 Å². The van der Waals surface area contributed by atoms with Crippen molar-refractivity contribution in [3.63, 3.8) is 0 Å². The van der Waals surface area contributed by atoms with Crippen molar-refractivity contribution in [2.45, 2.75) is 88.8 Å². The number of hydrogen-bond donors (Lipinski definition) is 0. The van der Waals surface area contributed by atoms with Gasteiger partial charge in [-0.3, -0.25) is 9.69 Å². The van der Waals surface area contributed by atoms with Gasteiger partial charge in [-0.2, -0.15) is 0 Å². The molecule has 5 aromatic rings. The first kappa shape index (κ1) is 30.1. The van der Waals surface area contributed by atoms with Crippen molar-refractivity contribution in [2.75, 3.05) is 19.6 Å². The molecule has 3 atom stereocenters. The predicted molar refractivity (Wildman–Crippen MR) is 185 cm³/mol. The molecule has 3 aliphatic heterocycles. The Bertz CT molecular complexity index is 1840. The second kappa shape index (κ2) is 12.4. The highest BCUT2D eigenvalue weighted by Gasteiger charge is 2.44. The van der Waals surface area contributed by atoms with Crippen molar-refractivity contribution in [2.24, 2.45) is 0 Å². The molecule has 0 aliphatic carbocycles. The van der Waals surface area contributed by atoms with Crippen molar-refractivity contribution in [1.29, 1.82) is 0 Å². The lowest BCUT2D eigenvalue weighted by atomic mass is 9.70. The number of amides is 1. The van der Waals surface area contributed by atoms with Gasteiger partial charge in [0.1, 0.15) is 5.82 Å². The Labute approximate surface area is 277 Å². The molecule has 3 aliphatic rings. The fourth-order valence-corrected chi connectivity index (χ4v) is 9.11. The summed E-state index contributed by atoms with van der Waals surface area (Å²) in [7, 11) is 0. The fourth-order valence-electron chi connectivity index (χ4n) is 9.11. The van der Waals surface area contributed by atoms with E-state index >= 15 is 0 Å². The van der Waals surface area contributed by atoms with Gasteiger partial charge in [0.25, 0.3) is 5.91 Å². The van der Waals surface area contributed by atoms with E-state index in [1.807, 2.05) is 39.9 Å². The first-order valence-electron chi connectivity index (χ1n) is 17.6. The van der Waals surface area contributed by atoms with E-state index in [4.69, 9.17) is 4.98 Å². The van der Waals surface area contributed by atoms with Crippen LogP contribution >= 0.6 is 0 Å². The minimum absolute atomic E-state index is 0.00753. The SMILES string of the molecule is CCc1c(C(=O)N2CCC(CCN3[C@@H]4CC[C@H]3CC(n3c(C)nc5ccccc53)C4)(c3ccccc3)CC2)nnn1-c1ccccc1. The molecule has 0 spiro atoms. The number of carbonyl (C=O) groups excluding carboxylic acids is 1. The summed E-state index contributed by atoms with van der Waals surface area (Å²) in [6.45, 7) is 6.82. The van der Waals surface area contributed by atoms with E-state index in [0.29, 0.717) is 30.2 Å². The topological polar surface area (TPSA) is 72.1 Å². The third-order valence-electron chi connectivity index (χ3n) is 11.5. The zero-order valence-corrected chi connectivity index (χ0v) is 27.6. The third-order valence-corrected chi connectivity index (χ3v) is 11.5. The number of aryl methyl sites for hydroxylation is 1. The van der Waals surface area contributed by atoms with Gasteiger partial charge in [0.05, 0.1) is 22.4 Å². The molecule has 1 amide bonds. The summed E-state index contributed by atoms with van der Waals surface area (Å²) in [6.07, 6.45) is 8.71. The highest BCUT2D eigenvalue weighted by Crippen LogP contribution is 2.45. The van der Waals surface area contributed by atoms with E-state index in [1.54, 1.807) is 0 Å². The monoisotopic (exact) mass is 627 g/mol. The Morgan fingerprint density at radius 3 is 2.21 bits per heavy atom. The molecular weight excluding hydrogens is 582 g/mol. The number of likely N-dealkylation sites (tertiary alicyclic amines) is 1. The molecule has 0 N–H and O–H groups in total. The number of nitrogens with zero attached hydrogens (tertiary/aromatic N) is 7. The zero-order chi connectivity index (χ0) is 32.0. The van der Waals surface area contributed by atoms with Gasteiger partial charge in [0, 0.05) is 31.2 Å². The molecule has 0 saturated carbocycles. The number of imidazole rings is 1. The summed E-state index contributed by atoms with van der Waals surface area (Å²) in [5, 5.41) is 8.81. The van der Waals surface area contributed by atoms with Crippen LogP contribution in [0, 0.1) is 6.92 Å². The molecule has 2 aromatic heterocycles. The summed E-state index contributed by atoms with van der Waals surface area (Å²) in [5.41, 5.74) is 6.16. The van der Waals surface area contributed by atoms with Crippen molar-refractivity contribution < 1.29 is 4.79 Å². The van der Waals surface area contributed by atoms with Crippen LogP contribution in [-0.2, 0) is 11.8 Å². The molecule has 0 radical (unpaired) electrons. The Kier molecular flexibility index (Phi) is 7.92. The van der Waals surface area contributed by atoms with Crippen LogP contribution in [0.1, 0.15) is 85.5 Å². The Morgan fingerprint density at radius 2 is 1.51 bits per heavy atom. The first-order valence-corrected chi connectivity index (χ1v) is 17.6.